The van der Waals surface area contributed by atoms with Crippen molar-refractivity contribution in [1.29, 1.82) is 0 Å². The van der Waals surface area contributed by atoms with Crippen LogP contribution in [0.3, 0.4) is 0 Å². The molecule has 7 nitrogen and oxygen atoms in total. The van der Waals surface area contributed by atoms with Crippen LogP contribution >= 0.6 is 0 Å². The largest absolute Gasteiger partial charge is 0.472 e. The summed E-state index contributed by atoms with van der Waals surface area (Å²) in [7, 11) is -3.62. The van der Waals surface area contributed by atoms with E-state index in [0.29, 0.717) is 5.69 Å². The molecule has 29 heavy (non-hydrogen) atoms. The molecule has 0 aliphatic carbocycles. The van der Waals surface area contributed by atoms with Crippen molar-refractivity contribution < 1.29 is 12.8 Å². The Morgan fingerprint density at radius 3 is 2.41 bits per heavy atom. The number of furan rings is 1. The first kappa shape index (κ1) is 19.5. The van der Waals surface area contributed by atoms with Gasteiger partial charge in [-0.15, -0.1) is 0 Å². The highest BCUT2D eigenvalue weighted by Gasteiger charge is 2.19. The number of hydrogen-bond donors (Lipinski definition) is 1. The standard InChI is InChI=1S/C21H24N4O3S/c1-17-2-5-20(6-3-17)29(26,27)23-19-4-7-21(22-14-19)25-11-9-24(10-12-25)15-18-8-13-28-16-18/h2-8,13-14,16,23H,9-12,15H2,1H3. The Bertz CT molecular complexity index is 1020. The fraction of sp³-hybridized carbons (Fsp3) is 0.286. The summed E-state index contributed by atoms with van der Waals surface area (Å²) >= 11 is 0. The summed E-state index contributed by atoms with van der Waals surface area (Å²) in [4.78, 5) is 9.29. The predicted octanol–water partition coefficient (Wildman–Crippen LogP) is 3.11. The van der Waals surface area contributed by atoms with Gasteiger partial charge in [0.1, 0.15) is 5.82 Å². The number of aryl methyl sites for hydroxylation is 1. The lowest BCUT2D eigenvalue weighted by Crippen LogP contribution is -2.46. The highest BCUT2D eigenvalue weighted by atomic mass is 32.2. The molecule has 0 spiro atoms. The lowest BCUT2D eigenvalue weighted by molar-refractivity contribution is 0.248. The van der Waals surface area contributed by atoms with Crippen LogP contribution in [-0.4, -0.2) is 44.5 Å². The Hall–Kier alpha value is -2.84. The van der Waals surface area contributed by atoms with Gasteiger partial charge >= 0.3 is 0 Å². The van der Waals surface area contributed by atoms with Crippen molar-refractivity contribution in [2.75, 3.05) is 35.8 Å². The average Bonchev–Trinajstić information content (AvgIpc) is 3.22. The number of nitrogens with one attached hydrogen (secondary N) is 1. The Kier molecular flexibility index (Phi) is 5.55. The second kappa shape index (κ2) is 8.26. The number of piperazine rings is 1. The monoisotopic (exact) mass is 412 g/mol. The molecule has 1 fully saturated rings. The molecule has 4 rings (SSSR count). The normalized spacial score (nSPS) is 15.4. The molecule has 1 aromatic carbocycles. The summed E-state index contributed by atoms with van der Waals surface area (Å²) < 4.78 is 32.7. The molecule has 1 N–H and O–H groups in total. The lowest BCUT2D eigenvalue weighted by Gasteiger charge is -2.35. The van der Waals surface area contributed by atoms with Crippen LogP contribution in [0.2, 0.25) is 0 Å². The van der Waals surface area contributed by atoms with Crippen LogP contribution in [0.25, 0.3) is 0 Å². The predicted molar refractivity (Wildman–Crippen MR) is 112 cm³/mol. The molecule has 1 saturated heterocycles. The van der Waals surface area contributed by atoms with E-state index in [9.17, 15) is 8.42 Å². The van der Waals surface area contributed by atoms with E-state index < -0.39 is 10.0 Å². The fourth-order valence-corrected chi connectivity index (χ4v) is 4.38. The minimum Gasteiger partial charge on any atom is -0.472 e. The number of anilines is 2. The van der Waals surface area contributed by atoms with Gasteiger partial charge in [0, 0.05) is 38.3 Å². The third-order valence-electron chi connectivity index (χ3n) is 5.01. The van der Waals surface area contributed by atoms with Crippen molar-refractivity contribution in [2.24, 2.45) is 0 Å². The Morgan fingerprint density at radius 2 is 1.79 bits per heavy atom. The van der Waals surface area contributed by atoms with Crippen molar-refractivity contribution in [2.45, 2.75) is 18.4 Å². The fourth-order valence-electron chi connectivity index (χ4n) is 3.34. The van der Waals surface area contributed by atoms with Gasteiger partial charge < -0.3 is 9.32 Å². The van der Waals surface area contributed by atoms with E-state index in [1.165, 1.54) is 5.56 Å². The van der Waals surface area contributed by atoms with E-state index in [2.05, 4.69) is 19.5 Å². The van der Waals surface area contributed by atoms with E-state index in [1.54, 1.807) is 49.1 Å². The molecule has 0 bridgehead atoms. The van der Waals surface area contributed by atoms with Gasteiger partial charge in [0.2, 0.25) is 0 Å². The zero-order chi connectivity index (χ0) is 20.3. The number of sulfonamides is 1. The van der Waals surface area contributed by atoms with E-state index in [-0.39, 0.29) is 4.90 Å². The molecule has 1 aliphatic heterocycles. The molecule has 1 aliphatic rings. The zero-order valence-electron chi connectivity index (χ0n) is 16.3. The van der Waals surface area contributed by atoms with Gasteiger partial charge in [-0.25, -0.2) is 13.4 Å². The Labute approximate surface area is 171 Å². The zero-order valence-corrected chi connectivity index (χ0v) is 17.1. The maximum atomic E-state index is 12.5. The average molecular weight is 413 g/mol. The molecule has 0 unspecified atom stereocenters. The molecule has 3 heterocycles. The van der Waals surface area contributed by atoms with Crippen molar-refractivity contribution in [1.82, 2.24) is 9.88 Å². The molecule has 2 aromatic heterocycles. The summed E-state index contributed by atoms with van der Waals surface area (Å²) in [6.45, 7) is 6.43. The summed E-state index contributed by atoms with van der Waals surface area (Å²) in [5.41, 5.74) is 2.65. The third kappa shape index (κ3) is 4.78. The quantitative estimate of drug-likeness (QED) is 0.670. The number of pyridine rings is 1. The van der Waals surface area contributed by atoms with Crippen molar-refractivity contribution in [3.63, 3.8) is 0 Å². The number of benzene rings is 1. The summed E-state index contributed by atoms with van der Waals surface area (Å²) in [5.74, 6) is 0.853. The lowest BCUT2D eigenvalue weighted by atomic mass is 10.2. The summed E-state index contributed by atoms with van der Waals surface area (Å²) in [5, 5.41) is 0. The first-order valence-corrected chi connectivity index (χ1v) is 11.0. The molecular weight excluding hydrogens is 388 g/mol. The van der Waals surface area contributed by atoms with Gasteiger partial charge in [-0.1, -0.05) is 17.7 Å². The van der Waals surface area contributed by atoms with Crippen LogP contribution in [0.5, 0.6) is 0 Å². The van der Waals surface area contributed by atoms with Crippen LogP contribution in [-0.2, 0) is 16.6 Å². The van der Waals surface area contributed by atoms with E-state index in [4.69, 9.17) is 4.42 Å². The van der Waals surface area contributed by atoms with Crippen LogP contribution < -0.4 is 9.62 Å². The van der Waals surface area contributed by atoms with Crippen molar-refractivity contribution in [3.8, 4) is 0 Å². The Morgan fingerprint density at radius 1 is 1.03 bits per heavy atom. The van der Waals surface area contributed by atoms with Crippen molar-refractivity contribution in [3.05, 3.63) is 72.3 Å². The number of hydrogen-bond acceptors (Lipinski definition) is 6. The molecule has 152 valence electrons. The number of aromatic nitrogens is 1. The van der Waals surface area contributed by atoms with E-state index in [1.807, 2.05) is 19.1 Å². The SMILES string of the molecule is Cc1ccc(S(=O)(=O)Nc2ccc(N3CCN(Cc4ccoc4)CC3)nc2)cc1. The molecule has 0 amide bonds. The minimum absolute atomic E-state index is 0.237. The van der Waals surface area contributed by atoms with Gasteiger partial charge in [0.05, 0.1) is 29.3 Å². The first-order valence-electron chi connectivity index (χ1n) is 9.53. The molecular formula is C21H24N4O3S. The maximum Gasteiger partial charge on any atom is 0.261 e. The first-order chi connectivity index (χ1) is 14.0. The van der Waals surface area contributed by atoms with Gasteiger partial charge in [-0.3, -0.25) is 9.62 Å². The van der Waals surface area contributed by atoms with Crippen LogP contribution in [0.1, 0.15) is 11.1 Å². The molecule has 3 aromatic rings. The van der Waals surface area contributed by atoms with Crippen LogP contribution in [0.15, 0.2) is 70.5 Å². The molecule has 0 saturated carbocycles. The molecule has 0 atom stereocenters. The smallest absolute Gasteiger partial charge is 0.261 e. The third-order valence-corrected chi connectivity index (χ3v) is 6.41. The van der Waals surface area contributed by atoms with Gasteiger partial charge in [0.15, 0.2) is 0 Å². The topological polar surface area (TPSA) is 78.7 Å². The summed E-state index contributed by atoms with van der Waals surface area (Å²) in [6, 6.07) is 12.4. The van der Waals surface area contributed by atoms with Crippen molar-refractivity contribution >= 4 is 21.5 Å². The van der Waals surface area contributed by atoms with Crippen LogP contribution in [0.4, 0.5) is 11.5 Å². The van der Waals surface area contributed by atoms with E-state index in [0.717, 1.165) is 44.1 Å². The number of nitrogens with zero attached hydrogens (tertiary/aromatic N) is 3. The molecule has 8 heteroatoms. The van der Waals surface area contributed by atoms with Gasteiger partial charge in [-0.2, -0.15) is 0 Å². The second-order valence-electron chi connectivity index (χ2n) is 7.22. The minimum atomic E-state index is -3.62. The second-order valence-corrected chi connectivity index (χ2v) is 8.90. The molecule has 0 radical (unpaired) electrons. The van der Waals surface area contributed by atoms with Gasteiger partial charge in [0.25, 0.3) is 10.0 Å². The van der Waals surface area contributed by atoms with Gasteiger partial charge in [-0.05, 0) is 37.3 Å². The van der Waals surface area contributed by atoms with E-state index >= 15 is 0 Å². The highest BCUT2D eigenvalue weighted by Crippen LogP contribution is 2.20. The maximum absolute atomic E-state index is 12.5. The number of rotatable bonds is 6. The summed E-state index contributed by atoms with van der Waals surface area (Å²) in [6.07, 6.45) is 5.05. The Balaban J connectivity index is 1.35. The van der Waals surface area contributed by atoms with Crippen LogP contribution in [0, 0.1) is 6.92 Å². The highest BCUT2D eigenvalue weighted by molar-refractivity contribution is 7.92.